The molecule has 1 heterocycles. The monoisotopic (exact) mass is 619 g/mol. The van der Waals surface area contributed by atoms with Crippen molar-refractivity contribution in [3.8, 4) is 17.2 Å². The summed E-state index contributed by atoms with van der Waals surface area (Å²) in [6.07, 6.45) is -0.576. The molecule has 0 unspecified atom stereocenters. The predicted octanol–water partition coefficient (Wildman–Crippen LogP) is 3.85. The summed E-state index contributed by atoms with van der Waals surface area (Å²) >= 11 is 6.08. The summed E-state index contributed by atoms with van der Waals surface area (Å²) in [6.45, 7) is -0.159. The number of hydrogen-bond acceptors (Lipinski definition) is 9. The molecule has 3 aromatic carbocycles. The highest BCUT2D eigenvalue weighted by Crippen LogP contribution is 2.34. The standard InChI is InChI=1S/C28H30ClN3O9S/c1-38-21-9-11-22(12-10-21)42(36,37)32(16-19-8-13-25-26(15-19)41-18-40-25)24(27(33)31-35)7-4-14-30-28(34)39-17-20-5-2-3-6-23(20)29/h2-3,5-6,8-13,15,24,35H,4,7,14,16-18H2,1H3,(H,30,34)(H,31,33)/t24-/m1/s1. The van der Waals surface area contributed by atoms with Gasteiger partial charge in [0.2, 0.25) is 16.8 Å². The Morgan fingerprint density at radius 1 is 1.07 bits per heavy atom. The highest BCUT2D eigenvalue weighted by Gasteiger charge is 2.36. The number of amides is 2. The Morgan fingerprint density at radius 3 is 2.52 bits per heavy atom. The summed E-state index contributed by atoms with van der Waals surface area (Å²) in [6, 6.07) is 16.2. The normalized spacial score (nSPS) is 13.0. The van der Waals surface area contributed by atoms with Crippen LogP contribution >= 0.6 is 11.6 Å². The van der Waals surface area contributed by atoms with Gasteiger partial charge in [-0.1, -0.05) is 35.9 Å². The number of sulfonamides is 1. The Hall–Kier alpha value is -4.04. The van der Waals surface area contributed by atoms with Gasteiger partial charge in [-0.2, -0.15) is 4.31 Å². The molecular formula is C28H30ClN3O9S. The van der Waals surface area contributed by atoms with Crippen LogP contribution in [0.3, 0.4) is 0 Å². The zero-order valence-electron chi connectivity index (χ0n) is 22.6. The van der Waals surface area contributed by atoms with E-state index in [-0.39, 0.29) is 44.2 Å². The van der Waals surface area contributed by atoms with E-state index < -0.39 is 28.1 Å². The molecule has 0 aliphatic carbocycles. The van der Waals surface area contributed by atoms with Crippen molar-refractivity contribution in [3.63, 3.8) is 0 Å². The summed E-state index contributed by atoms with van der Waals surface area (Å²) in [7, 11) is -2.82. The minimum Gasteiger partial charge on any atom is -0.497 e. The molecule has 0 radical (unpaired) electrons. The maximum atomic E-state index is 13.9. The van der Waals surface area contributed by atoms with Gasteiger partial charge in [0.25, 0.3) is 5.91 Å². The van der Waals surface area contributed by atoms with Crippen LogP contribution in [-0.2, 0) is 32.7 Å². The van der Waals surface area contributed by atoms with Crippen LogP contribution in [0.25, 0.3) is 0 Å². The number of fused-ring (bicyclic) bond motifs is 1. The fraction of sp³-hybridized carbons (Fsp3) is 0.286. The molecule has 14 heteroatoms. The summed E-state index contributed by atoms with van der Waals surface area (Å²) in [5, 5.41) is 12.6. The quantitative estimate of drug-likeness (QED) is 0.147. The van der Waals surface area contributed by atoms with Gasteiger partial charge in [-0.15, -0.1) is 0 Å². The molecule has 0 spiro atoms. The fourth-order valence-electron chi connectivity index (χ4n) is 4.24. The van der Waals surface area contributed by atoms with E-state index in [1.165, 1.54) is 31.4 Å². The zero-order chi connectivity index (χ0) is 30.1. The van der Waals surface area contributed by atoms with Crippen LogP contribution in [0.1, 0.15) is 24.0 Å². The molecule has 2 amide bonds. The van der Waals surface area contributed by atoms with Crippen molar-refractivity contribution in [2.75, 3.05) is 20.4 Å². The zero-order valence-corrected chi connectivity index (χ0v) is 24.2. The summed E-state index contributed by atoms with van der Waals surface area (Å²) in [5.74, 6) is 0.472. The van der Waals surface area contributed by atoms with Gasteiger partial charge in [0.15, 0.2) is 11.5 Å². The molecule has 224 valence electrons. The topological polar surface area (TPSA) is 153 Å². The van der Waals surface area contributed by atoms with Crippen molar-refractivity contribution < 1.29 is 42.2 Å². The number of hydrogen-bond donors (Lipinski definition) is 3. The third kappa shape index (κ3) is 7.62. The highest BCUT2D eigenvalue weighted by molar-refractivity contribution is 7.89. The smallest absolute Gasteiger partial charge is 0.407 e. The summed E-state index contributed by atoms with van der Waals surface area (Å²) < 4.78 is 49.8. The number of nitrogens with one attached hydrogen (secondary N) is 2. The Morgan fingerprint density at radius 2 is 1.81 bits per heavy atom. The van der Waals surface area contributed by atoms with E-state index in [1.807, 2.05) is 0 Å². The number of benzene rings is 3. The van der Waals surface area contributed by atoms with E-state index in [0.717, 1.165) is 4.31 Å². The van der Waals surface area contributed by atoms with Crippen molar-refractivity contribution in [2.45, 2.75) is 36.9 Å². The van der Waals surface area contributed by atoms with Crippen LogP contribution in [-0.4, -0.2) is 56.4 Å². The predicted molar refractivity (Wildman–Crippen MR) is 151 cm³/mol. The third-order valence-corrected chi connectivity index (χ3v) is 8.68. The SMILES string of the molecule is COc1ccc(S(=O)(=O)N(Cc2ccc3c(c2)OCO3)[C@H](CCCNC(=O)OCc2ccccc2Cl)C(=O)NO)cc1. The van der Waals surface area contributed by atoms with Gasteiger partial charge in [0.05, 0.1) is 12.0 Å². The van der Waals surface area contributed by atoms with Gasteiger partial charge in [0.1, 0.15) is 18.4 Å². The van der Waals surface area contributed by atoms with Gasteiger partial charge in [-0.25, -0.2) is 18.7 Å². The molecule has 3 aromatic rings. The molecule has 1 aliphatic rings. The number of nitrogens with zero attached hydrogens (tertiary/aromatic N) is 1. The lowest BCUT2D eigenvalue weighted by atomic mass is 10.1. The number of alkyl carbamates (subject to hydrolysis) is 1. The van der Waals surface area contributed by atoms with Gasteiger partial charge in [-0.05, 0) is 60.9 Å². The van der Waals surface area contributed by atoms with Gasteiger partial charge in [-0.3, -0.25) is 10.0 Å². The highest BCUT2D eigenvalue weighted by atomic mass is 35.5. The van der Waals surface area contributed by atoms with Crippen LogP contribution in [0.15, 0.2) is 71.6 Å². The minimum atomic E-state index is -4.28. The Labute approximate surface area is 248 Å². The van der Waals surface area contributed by atoms with E-state index in [1.54, 1.807) is 47.9 Å². The van der Waals surface area contributed by atoms with E-state index >= 15 is 0 Å². The molecule has 1 atom stereocenters. The minimum absolute atomic E-state index is 0.0372. The molecule has 0 fully saturated rings. The largest absolute Gasteiger partial charge is 0.497 e. The molecule has 0 saturated heterocycles. The summed E-state index contributed by atoms with van der Waals surface area (Å²) in [5.41, 5.74) is 2.73. The Balaban J connectivity index is 1.50. The number of rotatable bonds is 13. The molecular weight excluding hydrogens is 590 g/mol. The molecule has 4 rings (SSSR count). The van der Waals surface area contributed by atoms with Crippen molar-refractivity contribution in [1.82, 2.24) is 15.1 Å². The van der Waals surface area contributed by atoms with Crippen molar-refractivity contribution in [3.05, 3.63) is 82.9 Å². The first-order valence-electron chi connectivity index (χ1n) is 12.9. The maximum absolute atomic E-state index is 13.9. The van der Waals surface area contributed by atoms with E-state index in [9.17, 15) is 23.2 Å². The molecule has 3 N–H and O–H groups in total. The number of halogens is 1. The number of carbonyl (C=O) groups is 2. The second-order valence-corrected chi connectivity index (χ2v) is 11.4. The Kier molecular flexibility index (Phi) is 10.5. The lowest BCUT2D eigenvalue weighted by Crippen LogP contribution is -2.48. The fourth-order valence-corrected chi connectivity index (χ4v) is 6.04. The molecule has 42 heavy (non-hydrogen) atoms. The maximum Gasteiger partial charge on any atom is 0.407 e. The lowest BCUT2D eigenvalue weighted by molar-refractivity contribution is -0.133. The average molecular weight is 620 g/mol. The average Bonchev–Trinajstić information content (AvgIpc) is 3.47. The first-order valence-corrected chi connectivity index (χ1v) is 14.7. The second-order valence-electron chi connectivity index (χ2n) is 9.14. The molecule has 0 aromatic heterocycles. The molecule has 0 saturated carbocycles. The van der Waals surface area contributed by atoms with Crippen molar-refractivity contribution in [1.29, 1.82) is 0 Å². The van der Waals surface area contributed by atoms with Crippen LogP contribution in [0.2, 0.25) is 5.02 Å². The molecule has 0 bridgehead atoms. The lowest BCUT2D eigenvalue weighted by Gasteiger charge is -2.30. The number of methoxy groups -OCH3 is 1. The van der Waals surface area contributed by atoms with E-state index in [2.05, 4.69) is 5.32 Å². The van der Waals surface area contributed by atoms with Crippen LogP contribution < -0.4 is 25.0 Å². The van der Waals surface area contributed by atoms with Crippen molar-refractivity contribution >= 4 is 33.6 Å². The van der Waals surface area contributed by atoms with Crippen LogP contribution in [0.4, 0.5) is 4.79 Å². The number of hydroxylamine groups is 1. The second kappa shape index (κ2) is 14.2. The van der Waals surface area contributed by atoms with Gasteiger partial charge < -0.3 is 24.3 Å². The van der Waals surface area contributed by atoms with Crippen molar-refractivity contribution in [2.24, 2.45) is 0 Å². The van der Waals surface area contributed by atoms with E-state index in [4.69, 9.17) is 30.5 Å². The molecule has 12 nitrogen and oxygen atoms in total. The third-order valence-electron chi connectivity index (χ3n) is 6.44. The Bertz CT molecular complexity index is 1500. The van der Waals surface area contributed by atoms with Crippen LogP contribution in [0, 0.1) is 0 Å². The van der Waals surface area contributed by atoms with Gasteiger partial charge >= 0.3 is 6.09 Å². The first-order chi connectivity index (χ1) is 20.2. The number of ether oxygens (including phenoxy) is 4. The van der Waals surface area contributed by atoms with Gasteiger partial charge in [0, 0.05) is 23.7 Å². The van der Waals surface area contributed by atoms with Crippen LogP contribution in [0.5, 0.6) is 17.2 Å². The summed E-state index contributed by atoms with van der Waals surface area (Å²) in [4.78, 5) is 25.0. The molecule has 1 aliphatic heterocycles. The number of carbonyl (C=O) groups excluding carboxylic acids is 2. The van der Waals surface area contributed by atoms with E-state index in [0.29, 0.717) is 33.4 Å². The first kappa shape index (κ1) is 30.9.